The summed E-state index contributed by atoms with van der Waals surface area (Å²) in [7, 11) is 0. The molecule has 1 heterocycles. The second-order valence-electron chi connectivity index (χ2n) is 4.06. The van der Waals surface area contributed by atoms with Crippen LogP contribution in [0.25, 0.3) is 11.0 Å². The standard InChI is InChI=1S/C13H13NO4/c1-8(13(16)17)14-12(15)6-9-7-18-11-5-3-2-4-10(9)11/h2-5,7-8H,6H2,1H3,(H,14,15)(H,16,17). The van der Waals surface area contributed by atoms with Crippen molar-refractivity contribution in [1.29, 1.82) is 0 Å². The van der Waals surface area contributed by atoms with Crippen LogP contribution in [0.15, 0.2) is 34.9 Å². The van der Waals surface area contributed by atoms with Crippen LogP contribution in [0.3, 0.4) is 0 Å². The Hall–Kier alpha value is -2.30. The Labute approximate surface area is 103 Å². The molecule has 18 heavy (non-hydrogen) atoms. The number of aliphatic carboxylic acids is 1. The minimum absolute atomic E-state index is 0.106. The fourth-order valence-electron chi connectivity index (χ4n) is 1.70. The molecule has 0 saturated heterocycles. The molecule has 1 aromatic carbocycles. The van der Waals surface area contributed by atoms with Gasteiger partial charge in [-0.25, -0.2) is 0 Å². The van der Waals surface area contributed by atoms with Crippen LogP contribution in [-0.2, 0) is 16.0 Å². The summed E-state index contributed by atoms with van der Waals surface area (Å²) < 4.78 is 5.31. The van der Waals surface area contributed by atoms with Crippen molar-refractivity contribution in [3.63, 3.8) is 0 Å². The Morgan fingerprint density at radius 2 is 2.11 bits per heavy atom. The fraction of sp³-hybridized carbons (Fsp3) is 0.231. The van der Waals surface area contributed by atoms with E-state index in [1.54, 1.807) is 0 Å². The summed E-state index contributed by atoms with van der Waals surface area (Å²) in [6.45, 7) is 1.42. The topological polar surface area (TPSA) is 79.5 Å². The maximum Gasteiger partial charge on any atom is 0.325 e. The summed E-state index contributed by atoms with van der Waals surface area (Å²) in [6, 6.07) is 6.50. The molecule has 2 aromatic rings. The van der Waals surface area contributed by atoms with Crippen molar-refractivity contribution in [3.05, 3.63) is 36.1 Å². The van der Waals surface area contributed by atoms with E-state index in [0.717, 1.165) is 10.9 Å². The highest BCUT2D eigenvalue weighted by molar-refractivity contribution is 5.89. The summed E-state index contributed by atoms with van der Waals surface area (Å²) in [6.07, 6.45) is 1.63. The van der Waals surface area contributed by atoms with E-state index in [9.17, 15) is 9.59 Å². The molecule has 0 bridgehead atoms. The molecule has 0 spiro atoms. The monoisotopic (exact) mass is 247 g/mol. The van der Waals surface area contributed by atoms with Gasteiger partial charge in [-0.05, 0) is 13.0 Å². The Bertz CT molecular complexity index is 587. The van der Waals surface area contributed by atoms with Crippen LogP contribution in [0, 0.1) is 0 Å². The molecule has 2 N–H and O–H groups in total. The van der Waals surface area contributed by atoms with Gasteiger partial charge in [-0.2, -0.15) is 0 Å². The minimum atomic E-state index is -1.06. The second kappa shape index (κ2) is 4.91. The molecule has 1 aromatic heterocycles. The molecule has 94 valence electrons. The van der Waals surface area contributed by atoms with Crippen LogP contribution in [0.2, 0.25) is 0 Å². The highest BCUT2D eigenvalue weighted by Gasteiger charge is 2.15. The number of amides is 1. The van der Waals surface area contributed by atoms with Crippen LogP contribution >= 0.6 is 0 Å². The van der Waals surface area contributed by atoms with Crippen LogP contribution in [0.1, 0.15) is 12.5 Å². The number of carboxylic acid groups (broad SMARTS) is 1. The van der Waals surface area contributed by atoms with Crippen molar-refractivity contribution in [2.45, 2.75) is 19.4 Å². The molecule has 0 saturated carbocycles. The number of carboxylic acids is 1. The highest BCUT2D eigenvalue weighted by Crippen LogP contribution is 2.20. The van der Waals surface area contributed by atoms with E-state index in [-0.39, 0.29) is 12.3 Å². The lowest BCUT2D eigenvalue weighted by Crippen LogP contribution is -2.39. The summed E-state index contributed by atoms with van der Waals surface area (Å²) in [5.41, 5.74) is 1.47. The zero-order valence-corrected chi connectivity index (χ0v) is 9.84. The summed E-state index contributed by atoms with van der Waals surface area (Å²) >= 11 is 0. The lowest BCUT2D eigenvalue weighted by Gasteiger charge is -2.08. The summed E-state index contributed by atoms with van der Waals surface area (Å²) in [5, 5.41) is 12.0. The number of furan rings is 1. The zero-order chi connectivity index (χ0) is 13.1. The average molecular weight is 247 g/mol. The number of para-hydroxylation sites is 1. The van der Waals surface area contributed by atoms with Crippen molar-refractivity contribution in [1.82, 2.24) is 5.32 Å². The van der Waals surface area contributed by atoms with Crippen molar-refractivity contribution in [3.8, 4) is 0 Å². The van der Waals surface area contributed by atoms with E-state index < -0.39 is 12.0 Å². The lowest BCUT2D eigenvalue weighted by molar-refractivity contribution is -0.141. The fourth-order valence-corrected chi connectivity index (χ4v) is 1.70. The Balaban J connectivity index is 2.10. The van der Waals surface area contributed by atoms with E-state index in [2.05, 4.69) is 5.32 Å². The molecule has 0 radical (unpaired) electrons. The molecule has 5 heteroatoms. The Morgan fingerprint density at radius 3 is 2.83 bits per heavy atom. The first kappa shape index (κ1) is 12.2. The SMILES string of the molecule is CC(NC(=O)Cc1coc2ccccc12)C(=O)O. The minimum Gasteiger partial charge on any atom is -0.480 e. The number of hydrogen-bond donors (Lipinski definition) is 2. The van der Waals surface area contributed by atoms with E-state index >= 15 is 0 Å². The number of hydrogen-bond acceptors (Lipinski definition) is 3. The molecule has 2 rings (SSSR count). The third-order valence-corrected chi connectivity index (χ3v) is 2.66. The highest BCUT2D eigenvalue weighted by atomic mass is 16.4. The third kappa shape index (κ3) is 2.51. The first-order chi connectivity index (χ1) is 8.58. The lowest BCUT2D eigenvalue weighted by atomic mass is 10.1. The molecule has 0 aliphatic heterocycles. The molecule has 1 unspecified atom stereocenters. The third-order valence-electron chi connectivity index (χ3n) is 2.66. The van der Waals surface area contributed by atoms with Gasteiger partial charge in [0.15, 0.2) is 0 Å². The molecule has 5 nitrogen and oxygen atoms in total. The normalized spacial score (nSPS) is 12.3. The molecule has 0 aliphatic rings. The van der Waals surface area contributed by atoms with Gasteiger partial charge in [0.05, 0.1) is 12.7 Å². The van der Waals surface area contributed by atoms with Gasteiger partial charge in [-0.15, -0.1) is 0 Å². The Kier molecular flexibility index (Phi) is 3.32. The predicted octanol–water partition coefficient (Wildman–Crippen LogP) is 1.56. The number of carbonyl (C=O) groups excluding carboxylic acids is 1. The predicted molar refractivity (Wildman–Crippen MR) is 65.2 cm³/mol. The van der Waals surface area contributed by atoms with Gasteiger partial charge in [-0.3, -0.25) is 9.59 Å². The number of rotatable bonds is 4. The van der Waals surface area contributed by atoms with Gasteiger partial charge in [0.2, 0.25) is 5.91 Å². The largest absolute Gasteiger partial charge is 0.480 e. The molecule has 1 amide bonds. The van der Waals surface area contributed by atoms with Crippen LogP contribution in [-0.4, -0.2) is 23.0 Å². The van der Waals surface area contributed by atoms with Crippen molar-refractivity contribution >= 4 is 22.8 Å². The smallest absolute Gasteiger partial charge is 0.325 e. The van der Waals surface area contributed by atoms with Gasteiger partial charge in [-0.1, -0.05) is 18.2 Å². The van der Waals surface area contributed by atoms with Crippen LogP contribution < -0.4 is 5.32 Å². The number of fused-ring (bicyclic) bond motifs is 1. The van der Waals surface area contributed by atoms with E-state index in [0.29, 0.717) is 5.58 Å². The summed E-state index contributed by atoms with van der Waals surface area (Å²) in [5.74, 6) is -1.39. The quantitative estimate of drug-likeness (QED) is 0.859. The van der Waals surface area contributed by atoms with Gasteiger partial charge in [0.1, 0.15) is 11.6 Å². The van der Waals surface area contributed by atoms with Gasteiger partial charge in [0.25, 0.3) is 0 Å². The Morgan fingerprint density at radius 1 is 1.39 bits per heavy atom. The van der Waals surface area contributed by atoms with E-state index in [1.807, 2.05) is 24.3 Å². The average Bonchev–Trinajstić information content (AvgIpc) is 2.72. The first-order valence-corrected chi connectivity index (χ1v) is 5.55. The van der Waals surface area contributed by atoms with Crippen molar-refractivity contribution < 1.29 is 19.1 Å². The van der Waals surface area contributed by atoms with Gasteiger partial charge in [0, 0.05) is 10.9 Å². The van der Waals surface area contributed by atoms with Crippen LogP contribution in [0.4, 0.5) is 0 Å². The number of benzene rings is 1. The molecule has 0 aliphatic carbocycles. The zero-order valence-electron chi connectivity index (χ0n) is 9.84. The van der Waals surface area contributed by atoms with Crippen LogP contribution in [0.5, 0.6) is 0 Å². The number of nitrogens with one attached hydrogen (secondary N) is 1. The second-order valence-corrected chi connectivity index (χ2v) is 4.06. The molecule has 0 fully saturated rings. The number of carbonyl (C=O) groups is 2. The first-order valence-electron chi connectivity index (χ1n) is 5.55. The van der Waals surface area contributed by atoms with Gasteiger partial charge < -0.3 is 14.8 Å². The van der Waals surface area contributed by atoms with Crippen molar-refractivity contribution in [2.24, 2.45) is 0 Å². The van der Waals surface area contributed by atoms with Crippen molar-refractivity contribution in [2.75, 3.05) is 0 Å². The summed E-state index contributed by atoms with van der Waals surface area (Å²) in [4.78, 5) is 22.3. The maximum atomic E-state index is 11.7. The molecule has 1 atom stereocenters. The molecular formula is C13H13NO4. The van der Waals surface area contributed by atoms with E-state index in [1.165, 1.54) is 13.2 Å². The molecular weight excluding hydrogens is 234 g/mol. The maximum absolute atomic E-state index is 11.7. The van der Waals surface area contributed by atoms with Gasteiger partial charge >= 0.3 is 5.97 Å². The van der Waals surface area contributed by atoms with E-state index in [4.69, 9.17) is 9.52 Å².